The number of fused-ring (bicyclic) bond motifs is 2. The van der Waals surface area contributed by atoms with Gasteiger partial charge in [0.15, 0.2) is 5.82 Å². The number of benzene rings is 2. The van der Waals surface area contributed by atoms with Crippen molar-refractivity contribution in [2.24, 2.45) is 0 Å². The molecule has 0 bridgehead atoms. The number of halogens is 2. The molecule has 32 heavy (non-hydrogen) atoms. The second kappa shape index (κ2) is 8.84. The third-order valence-corrected chi connectivity index (χ3v) is 6.61. The number of rotatable bonds is 4. The van der Waals surface area contributed by atoms with Crippen molar-refractivity contribution in [2.45, 2.75) is 38.8 Å². The lowest BCUT2D eigenvalue weighted by Crippen LogP contribution is -2.35. The van der Waals surface area contributed by atoms with E-state index in [1.54, 1.807) is 10.4 Å². The van der Waals surface area contributed by atoms with Gasteiger partial charge in [0, 0.05) is 24.3 Å². The lowest BCUT2D eigenvalue weighted by molar-refractivity contribution is 0.256. The zero-order valence-corrected chi connectivity index (χ0v) is 18.7. The van der Waals surface area contributed by atoms with Gasteiger partial charge in [0.25, 0.3) is 0 Å². The molecule has 3 heterocycles. The Morgan fingerprint density at radius 2 is 2.09 bits per heavy atom. The number of hydrogen-bond donors (Lipinski definition) is 1. The van der Waals surface area contributed by atoms with E-state index in [1.807, 2.05) is 18.2 Å². The Balaban J connectivity index is 1.49. The fourth-order valence-corrected chi connectivity index (χ4v) is 4.75. The maximum Gasteiger partial charge on any atom is 0.326 e. The highest BCUT2D eigenvalue weighted by atomic mass is 35.5. The van der Waals surface area contributed by atoms with Crippen LogP contribution in [-0.2, 0) is 19.5 Å². The summed E-state index contributed by atoms with van der Waals surface area (Å²) in [5.41, 5.74) is 3.77. The quantitative estimate of drug-likeness (QED) is 0.418. The van der Waals surface area contributed by atoms with Crippen molar-refractivity contribution in [3.05, 3.63) is 64.4 Å². The summed E-state index contributed by atoms with van der Waals surface area (Å²) in [4.78, 5) is 19.3. The normalized spacial score (nSPS) is 13.6. The lowest BCUT2D eigenvalue weighted by atomic mass is 10.2. The van der Waals surface area contributed by atoms with Gasteiger partial charge in [-0.2, -0.15) is 0 Å². The molecule has 10 heteroatoms. The van der Waals surface area contributed by atoms with Gasteiger partial charge in [-0.15, -0.1) is 21.5 Å². The molecule has 2 aromatic carbocycles. The Morgan fingerprint density at radius 3 is 2.97 bits per heavy atom. The van der Waals surface area contributed by atoms with E-state index in [2.05, 4.69) is 25.1 Å². The van der Waals surface area contributed by atoms with Gasteiger partial charge in [-0.3, -0.25) is 4.90 Å². The molecule has 0 atom stereocenters. The van der Waals surface area contributed by atoms with Crippen LogP contribution in [-0.4, -0.2) is 25.8 Å². The molecule has 4 aromatic rings. The molecular weight excluding hydrogens is 451 g/mol. The average Bonchev–Trinajstić information content (AvgIpc) is 3.34. The molecule has 0 saturated carbocycles. The second-order valence-corrected chi connectivity index (χ2v) is 8.94. The van der Waals surface area contributed by atoms with Crippen LogP contribution >= 0.6 is 22.9 Å². The van der Waals surface area contributed by atoms with Crippen LogP contribution in [0.3, 0.4) is 0 Å². The molecule has 0 unspecified atom stereocenters. The molecule has 5 rings (SSSR count). The van der Waals surface area contributed by atoms with Gasteiger partial charge < -0.3 is 9.88 Å². The van der Waals surface area contributed by atoms with E-state index >= 15 is 0 Å². The minimum Gasteiger partial charge on any atom is -0.313 e. The lowest BCUT2D eigenvalue weighted by Gasteiger charge is -2.23. The molecule has 0 saturated heterocycles. The topological polar surface area (TPSA) is 75.9 Å². The third kappa shape index (κ3) is 4.18. The molecule has 7 nitrogen and oxygen atoms in total. The molecule has 164 valence electrons. The van der Waals surface area contributed by atoms with Crippen molar-refractivity contribution >= 4 is 50.6 Å². The van der Waals surface area contributed by atoms with Gasteiger partial charge in [0.2, 0.25) is 0 Å². The number of nitrogens with zero attached hydrogens (tertiary/aromatic N) is 5. The van der Waals surface area contributed by atoms with Crippen molar-refractivity contribution in [3.8, 4) is 0 Å². The fraction of sp³-hybridized carbons (Fsp3) is 0.273. The first-order valence-electron chi connectivity index (χ1n) is 10.4. The number of amides is 2. The molecule has 0 spiro atoms. The van der Waals surface area contributed by atoms with Crippen molar-refractivity contribution in [3.63, 3.8) is 0 Å². The first-order valence-corrected chi connectivity index (χ1v) is 11.6. The van der Waals surface area contributed by atoms with Gasteiger partial charge >= 0.3 is 6.03 Å². The van der Waals surface area contributed by atoms with Crippen LogP contribution in [0.2, 0.25) is 5.02 Å². The highest BCUT2D eigenvalue weighted by Gasteiger charge is 2.23. The minimum atomic E-state index is -0.539. The van der Waals surface area contributed by atoms with Crippen LogP contribution < -0.4 is 10.2 Å². The minimum absolute atomic E-state index is 0.0526. The fourth-order valence-electron chi connectivity index (χ4n) is 3.86. The molecule has 1 N–H and O–H groups in total. The Hall–Kier alpha value is -3.04. The standard InChI is InChI=1S/C22H20ClFN6OS/c23-16-10-14(5-7-17(16)24)26-22(31)30(15-6-8-18-19(11-15)32-13-25-18)12-21-28-27-20-4-2-1-3-9-29(20)21/h5-8,10-11,13H,1-4,9,12H2,(H,26,31). The summed E-state index contributed by atoms with van der Waals surface area (Å²) in [5, 5.41) is 11.5. The molecule has 1 aliphatic rings. The number of carbonyl (C=O) groups excluding carboxylic acids is 1. The van der Waals surface area contributed by atoms with Crippen molar-refractivity contribution in [2.75, 3.05) is 10.2 Å². The Bertz CT molecular complexity index is 1290. The molecule has 2 aromatic heterocycles. The first-order chi connectivity index (χ1) is 15.6. The monoisotopic (exact) mass is 470 g/mol. The van der Waals surface area contributed by atoms with E-state index in [0.29, 0.717) is 11.4 Å². The maximum atomic E-state index is 13.5. The Labute approximate surface area is 192 Å². The molecule has 0 aliphatic carbocycles. The number of hydrogen-bond acceptors (Lipinski definition) is 5. The zero-order chi connectivity index (χ0) is 22.1. The van der Waals surface area contributed by atoms with E-state index in [4.69, 9.17) is 11.6 Å². The summed E-state index contributed by atoms with van der Waals surface area (Å²) in [6, 6.07) is 9.41. The summed E-state index contributed by atoms with van der Waals surface area (Å²) >= 11 is 7.40. The van der Waals surface area contributed by atoms with Crippen LogP contribution in [0.1, 0.15) is 30.9 Å². The van der Waals surface area contributed by atoms with Crippen molar-refractivity contribution < 1.29 is 9.18 Å². The van der Waals surface area contributed by atoms with E-state index in [9.17, 15) is 9.18 Å². The average molecular weight is 471 g/mol. The van der Waals surface area contributed by atoms with Crippen molar-refractivity contribution in [1.29, 1.82) is 0 Å². The number of anilines is 2. The van der Waals surface area contributed by atoms with Crippen LogP contribution in [0.25, 0.3) is 10.2 Å². The van der Waals surface area contributed by atoms with Gasteiger partial charge in [-0.05, 0) is 49.2 Å². The summed E-state index contributed by atoms with van der Waals surface area (Å²) in [5.74, 6) is 1.16. The van der Waals surface area contributed by atoms with Crippen LogP contribution in [0.15, 0.2) is 41.9 Å². The Morgan fingerprint density at radius 1 is 1.19 bits per heavy atom. The third-order valence-electron chi connectivity index (χ3n) is 5.53. The SMILES string of the molecule is O=C(Nc1ccc(F)c(Cl)c1)N(Cc1nnc2n1CCCCC2)c1ccc2ncsc2c1. The van der Waals surface area contributed by atoms with Gasteiger partial charge in [-0.25, -0.2) is 14.2 Å². The van der Waals surface area contributed by atoms with Crippen LogP contribution in [0, 0.1) is 5.82 Å². The molecule has 0 radical (unpaired) electrons. The largest absolute Gasteiger partial charge is 0.326 e. The van der Waals surface area contributed by atoms with Gasteiger partial charge in [-0.1, -0.05) is 18.0 Å². The van der Waals surface area contributed by atoms with E-state index < -0.39 is 5.82 Å². The summed E-state index contributed by atoms with van der Waals surface area (Å²) < 4.78 is 16.6. The van der Waals surface area contributed by atoms with Gasteiger partial charge in [0.05, 0.1) is 27.3 Å². The number of carbonyl (C=O) groups is 1. The summed E-state index contributed by atoms with van der Waals surface area (Å²) in [7, 11) is 0. The van der Waals surface area contributed by atoms with E-state index in [0.717, 1.165) is 54.1 Å². The smallest absolute Gasteiger partial charge is 0.313 e. The van der Waals surface area contributed by atoms with Crippen LogP contribution in [0.5, 0.6) is 0 Å². The number of thiazole rings is 1. The zero-order valence-electron chi connectivity index (χ0n) is 17.1. The number of aryl methyl sites for hydroxylation is 1. The number of aromatic nitrogens is 4. The maximum absolute atomic E-state index is 13.5. The van der Waals surface area contributed by atoms with Gasteiger partial charge in [0.1, 0.15) is 11.6 Å². The summed E-state index contributed by atoms with van der Waals surface area (Å²) in [6.45, 7) is 1.09. The van der Waals surface area contributed by atoms with Crippen molar-refractivity contribution in [1.82, 2.24) is 19.7 Å². The predicted octanol–water partition coefficient (Wildman–Crippen LogP) is 5.65. The molecule has 0 fully saturated rings. The van der Waals surface area contributed by atoms with E-state index in [1.165, 1.54) is 29.5 Å². The number of urea groups is 1. The second-order valence-electron chi connectivity index (χ2n) is 7.64. The van der Waals surface area contributed by atoms with Crippen LogP contribution in [0.4, 0.5) is 20.6 Å². The Kier molecular flexibility index (Phi) is 5.75. The first kappa shape index (κ1) is 20.8. The molecule has 2 amide bonds. The molecule has 1 aliphatic heterocycles. The number of nitrogens with one attached hydrogen (secondary N) is 1. The highest BCUT2D eigenvalue weighted by Crippen LogP contribution is 2.27. The highest BCUT2D eigenvalue weighted by molar-refractivity contribution is 7.16. The van der Waals surface area contributed by atoms with E-state index in [-0.39, 0.29) is 17.6 Å². The molecular formula is C22H20ClFN6OS. The summed E-state index contributed by atoms with van der Waals surface area (Å²) in [6.07, 6.45) is 4.20. The predicted molar refractivity (Wildman–Crippen MR) is 124 cm³/mol.